The van der Waals surface area contributed by atoms with Gasteiger partial charge in [0.1, 0.15) is 0 Å². The summed E-state index contributed by atoms with van der Waals surface area (Å²) in [4.78, 5) is 19.6. The zero-order valence-corrected chi connectivity index (χ0v) is 12.6. The summed E-state index contributed by atoms with van der Waals surface area (Å²) in [6.45, 7) is 2.62. The second-order valence-electron chi connectivity index (χ2n) is 4.91. The van der Waals surface area contributed by atoms with E-state index in [0.717, 1.165) is 27.1 Å². The highest BCUT2D eigenvalue weighted by Gasteiger charge is 2.25. The van der Waals surface area contributed by atoms with Gasteiger partial charge in [-0.15, -0.1) is 0 Å². The fourth-order valence-electron chi connectivity index (χ4n) is 2.34. The van der Waals surface area contributed by atoms with Crippen LogP contribution in [0.5, 0.6) is 0 Å². The summed E-state index contributed by atoms with van der Waals surface area (Å²) in [5, 5.41) is 6.19. The fourth-order valence-corrected chi connectivity index (χ4v) is 2.82. The first-order valence-electron chi connectivity index (χ1n) is 6.45. The molecule has 0 fully saturated rings. The Morgan fingerprint density at radius 2 is 2.35 bits per heavy atom. The van der Waals surface area contributed by atoms with Gasteiger partial charge in [0.2, 0.25) is 5.91 Å². The average molecular weight is 335 g/mol. The molecule has 2 heterocycles. The Morgan fingerprint density at radius 3 is 3.15 bits per heavy atom. The molecule has 1 aliphatic heterocycles. The van der Waals surface area contributed by atoms with Crippen LogP contribution in [-0.4, -0.2) is 21.9 Å². The molecule has 1 aromatic heterocycles. The van der Waals surface area contributed by atoms with Crippen molar-refractivity contribution in [2.45, 2.75) is 25.9 Å². The number of fused-ring (bicyclic) bond motifs is 1. The van der Waals surface area contributed by atoms with Crippen LogP contribution in [0.2, 0.25) is 0 Å². The molecule has 0 saturated carbocycles. The number of carbonyl (C=O) groups is 1. The number of rotatable bonds is 2. The van der Waals surface area contributed by atoms with Gasteiger partial charge in [0, 0.05) is 23.1 Å². The summed E-state index contributed by atoms with van der Waals surface area (Å²) in [6.07, 6.45) is 2.28. The molecule has 0 spiro atoms. The topological polar surface area (TPSA) is 69.8 Å². The van der Waals surface area contributed by atoms with Crippen molar-refractivity contribution >= 4 is 27.5 Å². The lowest BCUT2D eigenvalue weighted by Crippen LogP contribution is -2.44. The number of nitrogens with one attached hydrogen (secondary N) is 3. The molecule has 3 N–H and O–H groups in total. The average Bonchev–Trinajstić information content (AvgIpc) is 2.89. The van der Waals surface area contributed by atoms with Crippen molar-refractivity contribution < 1.29 is 4.79 Å². The van der Waals surface area contributed by atoms with Crippen molar-refractivity contribution in [2.75, 3.05) is 5.32 Å². The molecule has 1 aliphatic rings. The van der Waals surface area contributed by atoms with Gasteiger partial charge in [-0.05, 0) is 30.7 Å². The van der Waals surface area contributed by atoms with Gasteiger partial charge in [-0.25, -0.2) is 4.98 Å². The molecule has 1 aromatic carbocycles. The van der Waals surface area contributed by atoms with Gasteiger partial charge in [-0.1, -0.05) is 15.9 Å². The van der Waals surface area contributed by atoms with Crippen LogP contribution in [0.1, 0.15) is 17.0 Å². The van der Waals surface area contributed by atoms with Crippen LogP contribution >= 0.6 is 15.9 Å². The number of anilines is 1. The molecule has 1 amide bonds. The number of benzene rings is 1. The number of nitrogens with zero attached hydrogens (tertiary/aromatic N) is 1. The maximum Gasteiger partial charge on any atom is 0.241 e. The molecular formula is C14H15BrN4O. The van der Waals surface area contributed by atoms with Crippen LogP contribution in [0, 0.1) is 6.92 Å². The van der Waals surface area contributed by atoms with Crippen molar-refractivity contribution in [1.82, 2.24) is 15.3 Å². The van der Waals surface area contributed by atoms with Gasteiger partial charge >= 0.3 is 0 Å². The number of aryl methyl sites for hydroxylation is 1. The lowest BCUT2D eigenvalue weighted by Gasteiger charge is -2.22. The van der Waals surface area contributed by atoms with E-state index in [1.54, 1.807) is 6.33 Å². The van der Waals surface area contributed by atoms with Crippen molar-refractivity contribution in [3.05, 3.63) is 46.0 Å². The molecule has 1 unspecified atom stereocenters. The first-order valence-corrected chi connectivity index (χ1v) is 7.24. The minimum Gasteiger partial charge on any atom is -0.347 e. The lowest BCUT2D eigenvalue weighted by molar-refractivity contribution is -0.118. The van der Waals surface area contributed by atoms with E-state index in [0.29, 0.717) is 13.0 Å². The Balaban J connectivity index is 1.71. The minimum absolute atomic E-state index is 0.0240. The van der Waals surface area contributed by atoms with E-state index in [2.05, 4.69) is 36.5 Å². The SMILES string of the molecule is Cc1cc(Br)ccc1NC(=O)C1Cc2nc[nH]c2CN1. The summed E-state index contributed by atoms with van der Waals surface area (Å²) in [7, 11) is 0. The molecular weight excluding hydrogens is 320 g/mol. The van der Waals surface area contributed by atoms with Crippen molar-refractivity contribution in [2.24, 2.45) is 0 Å². The number of carbonyl (C=O) groups excluding carboxylic acids is 1. The Labute approximate surface area is 125 Å². The second-order valence-corrected chi connectivity index (χ2v) is 5.83. The summed E-state index contributed by atoms with van der Waals surface area (Å²) in [6, 6.07) is 5.56. The maximum absolute atomic E-state index is 12.3. The number of hydrogen-bond acceptors (Lipinski definition) is 3. The predicted octanol–water partition coefficient (Wildman–Crippen LogP) is 2.13. The Bertz CT molecular complexity index is 652. The van der Waals surface area contributed by atoms with E-state index in [4.69, 9.17) is 0 Å². The highest BCUT2D eigenvalue weighted by Crippen LogP contribution is 2.21. The van der Waals surface area contributed by atoms with Gasteiger partial charge in [-0.2, -0.15) is 0 Å². The van der Waals surface area contributed by atoms with Gasteiger partial charge in [0.05, 0.1) is 23.8 Å². The highest BCUT2D eigenvalue weighted by molar-refractivity contribution is 9.10. The van der Waals surface area contributed by atoms with Gasteiger partial charge < -0.3 is 10.3 Å². The molecule has 104 valence electrons. The number of amides is 1. The molecule has 0 radical (unpaired) electrons. The third-order valence-corrected chi connectivity index (χ3v) is 3.99. The number of hydrogen-bond donors (Lipinski definition) is 3. The van der Waals surface area contributed by atoms with Crippen LogP contribution < -0.4 is 10.6 Å². The lowest BCUT2D eigenvalue weighted by atomic mass is 10.0. The molecule has 5 nitrogen and oxygen atoms in total. The van der Waals surface area contributed by atoms with Crippen molar-refractivity contribution in [1.29, 1.82) is 0 Å². The summed E-state index contributed by atoms with van der Waals surface area (Å²) >= 11 is 3.42. The van der Waals surface area contributed by atoms with Crippen LogP contribution in [0.3, 0.4) is 0 Å². The largest absolute Gasteiger partial charge is 0.347 e. The van der Waals surface area contributed by atoms with E-state index >= 15 is 0 Å². The molecule has 0 aliphatic carbocycles. The maximum atomic E-state index is 12.3. The molecule has 0 saturated heterocycles. The molecule has 0 bridgehead atoms. The molecule has 1 atom stereocenters. The third kappa shape index (κ3) is 2.62. The smallest absolute Gasteiger partial charge is 0.241 e. The molecule has 6 heteroatoms. The minimum atomic E-state index is -0.242. The second kappa shape index (κ2) is 5.38. The Kier molecular flexibility index (Phi) is 3.58. The van der Waals surface area contributed by atoms with Crippen LogP contribution in [0.4, 0.5) is 5.69 Å². The predicted molar refractivity (Wildman–Crippen MR) is 80.4 cm³/mol. The van der Waals surface area contributed by atoms with Gasteiger partial charge in [0.25, 0.3) is 0 Å². The highest BCUT2D eigenvalue weighted by atomic mass is 79.9. The fraction of sp³-hybridized carbons (Fsp3) is 0.286. The molecule has 3 rings (SSSR count). The number of halogens is 1. The number of aromatic amines is 1. The van der Waals surface area contributed by atoms with E-state index in [1.165, 1.54) is 0 Å². The number of H-pyrrole nitrogens is 1. The Morgan fingerprint density at radius 1 is 1.50 bits per heavy atom. The Hall–Kier alpha value is -1.66. The number of imidazole rings is 1. The quantitative estimate of drug-likeness (QED) is 0.788. The third-order valence-electron chi connectivity index (χ3n) is 3.49. The summed E-state index contributed by atoms with van der Waals surface area (Å²) < 4.78 is 1.00. The normalized spacial score (nSPS) is 17.6. The van der Waals surface area contributed by atoms with Crippen LogP contribution in [0.15, 0.2) is 29.0 Å². The summed E-state index contributed by atoms with van der Waals surface area (Å²) in [5.74, 6) is -0.0240. The van der Waals surface area contributed by atoms with Gasteiger partial charge in [0.15, 0.2) is 0 Å². The van der Waals surface area contributed by atoms with E-state index in [-0.39, 0.29) is 11.9 Å². The first kappa shape index (κ1) is 13.3. The zero-order chi connectivity index (χ0) is 14.1. The first-order chi connectivity index (χ1) is 9.63. The summed E-state index contributed by atoms with van der Waals surface area (Å²) in [5.41, 5.74) is 3.90. The molecule has 2 aromatic rings. The zero-order valence-electron chi connectivity index (χ0n) is 11.0. The van der Waals surface area contributed by atoms with Gasteiger partial charge in [-0.3, -0.25) is 10.1 Å². The van der Waals surface area contributed by atoms with Crippen molar-refractivity contribution in [3.8, 4) is 0 Å². The van der Waals surface area contributed by atoms with Crippen LogP contribution in [0.25, 0.3) is 0 Å². The van der Waals surface area contributed by atoms with E-state index < -0.39 is 0 Å². The van der Waals surface area contributed by atoms with Crippen LogP contribution in [-0.2, 0) is 17.8 Å². The van der Waals surface area contributed by atoms with E-state index in [9.17, 15) is 4.79 Å². The van der Waals surface area contributed by atoms with E-state index in [1.807, 2.05) is 25.1 Å². The standard InChI is InChI=1S/C14H15BrN4O/c1-8-4-9(15)2-3-10(8)19-14(20)12-5-11-13(6-16-12)18-7-17-11/h2-4,7,12,16H,5-6H2,1H3,(H,17,18)(H,19,20). The number of aromatic nitrogens is 2. The molecule has 20 heavy (non-hydrogen) atoms. The monoisotopic (exact) mass is 334 g/mol. The van der Waals surface area contributed by atoms with Crippen molar-refractivity contribution in [3.63, 3.8) is 0 Å².